The fourth-order valence-corrected chi connectivity index (χ4v) is 4.34. The summed E-state index contributed by atoms with van der Waals surface area (Å²) in [5.74, 6) is 0.864. The average molecular weight is 423 g/mol. The first-order chi connectivity index (χ1) is 15.0. The summed E-state index contributed by atoms with van der Waals surface area (Å²) in [5.41, 5.74) is 3.08. The van der Waals surface area contributed by atoms with Crippen LogP contribution in [0.25, 0.3) is 22.4 Å². The fourth-order valence-electron chi connectivity index (χ4n) is 4.34. The van der Waals surface area contributed by atoms with Gasteiger partial charge in [-0.3, -0.25) is 9.78 Å². The Morgan fingerprint density at radius 2 is 2.03 bits per heavy atom. The van der Waals surface area contributed by atoms with Crippen LogP contribution in [-0.4, -0.2) is 80.8 Å². The average Bonchev–Trinajstić information content (AvgIpc) is 3.36. The van der Waals surface area contributed by atoms with Crippen LogP contribution < -0.4 is 10.1 Å². The number of aromatic nitrogens is 5. The fraction of sp³-hybridized carbons (Fsp3) is 0.476. The molecule has 1 unspecified atom stereocenters. The van der Waals surface area contributed by atoms with Gasteiger partial charge in [-0.25, -0.2) is 9.97 Å². The molecule has 0 saturated carbocycles. The normalized spacial score (nSPS) is 24.0. The van der Waals surface area contributed by atoms with Crippen LogP contribution in [-0.2, 0) is 16.1 Å². The van der Waals surface area contributed by atoms with Gasteiger partial charge in [0, 0.05) is 46.1 Å². The first-order valence-electron chi connectivity index (χ1n) is 10.4. The predicted molar refractivity (Wildman–Crippen MR) is 113 cm³/mol. The largest absolute Gasteiger partial charge is 0.459 e. The minimum atomic E-state index is -0.304. The molecule has 10 nitrogen and oxygen atoms in total. The first kappa shape index (κ1) is 19.8. The minimum Gasteiger partial charge on any atom is -0.459 e. The van der Waals surface area contributed by atoms with Crippen LogP contribution in [0.1, 0.15) is 12.2 Å². The molecule has 10 heteroatoms. The van der Waals surface area contributed by atoms with E-state index < -0.39 is 0 Å². The van der Waals surface area contributed by atoms with Gasteiger partial charge in [-0.1, -0.05) is 0 Å². The molecule has 1 fully saturated rings. The maximum atomic E-state index is 13.0. The summed E-state index contributed by atoms with van der Waals surface area (Å²) in [6.07, 6.45) is 3.57. The number of likely N-dealkylation sites (N-methyl/N-ethyl adjacent to an activating group) is 1. The number of aryl methyl sites for hydroxylation is 1. The monoisotopic (exact) mass is 423 g/mol. The molecule has 0 aliphatic carbocycles. The Morgan fingerprint density at radius 3 is 2.87 bits per heavy atom. The van der Waals surface area contributed by atoms with Crippen molar-refractivity contribution in [3.05, 3.63) is 30.4 Å². The number of imidazole rings is 1. The van der Waals surface area contributed by atoms with Crippen LogP contribution in [0.2, 0.25) is 0 Å². The number of fused-ring (bicyclic) bond motifs is 5. The third kappa shape index (κ3) is 3.61. The van der Waals surface area contributed by atoms with Crippen molar-refractivity contribution in [2.45, 2.75) is 38.1 Å². The Hall–Kier alpha value is -3.11. The molecule has 2 aliphatic rings. The molecular weight excluding hydrogens is 398 g/mol. The number of methoxy groups -OCH3 is 1. The molecule has 3 aromatic rings. The number of nitrogens with one attached hydrogen (secondary N) is 1. The van der Waals surface area contributed by atoms with Crippen LogP contribution in [0.4, 0.5) is 0 Å². The van der Waals surface area contributed by atoms with Crippen molar-refractivity contribution in [1.82, 2.24) is 34.7 Å². The van der Waals surface area contributed by atoms with E-state index >= 15 is 0 Å². The van der Waals surface area contributed by atoms with Gasteiger partial charge < -0.3 is 24.3 Å². The second-order valence-corrected chi connectivity index (χ2v) is 8.03. The van der Waals surface area contributed by atoms with Gasteiger partial charge in [0.15, 0.2) is 0 Å². The molecule has 5 rings (SSSR count). The van der Waals surface area contributed by atoms with Crippen LogP contribution in [0.3, 0.4) is 0 Å². The van der Waals surface area contributed by atoms with Crippen molar-refractivity contribution in [2.75, 3.05) is 27.2 Å². The summed E-state index contributed by atoms with van der Waals surface area (Å²) < 4.78 is 13.8. The summed E-state index contributed by atoms with van der Waals surface area (Å²) >= 11 is 0. The van der Waals surface area contributed by atoms with E-state index in [1.807, 2.05) is 19.1 Å². The molecule has 0 spiro atoms. The number of carbonyl (C=O) groups excluding carboxylic acids is 1. The third-order valence-corrected chi connectivity index (χ3v) is 5.96. The zero-order chi connectivity index (χ0) is 21.5. The van der Waals surface area contributed by atoms with Gasteiger partial charge in [0.2, 0.25) is 5.91 Å². The predicted octanol–water partition coefficient (Wildman–Crippen LogP) is 0.793. The highest BCUT2D eigenvalue weighted by molar-refractivity contribution is 5.89. The highest BCUT2D eigenvalue weighted by Gasteiger charge is 2.34. The van der Waals surface area contributed by atoms with E-state index in [0.29, 0.717) is 37.4 Å². The quantitative estimate of drug-likeness (QED) is 0.612. The smallest absolute Gasteiger partial charge is 0.317 e. The SMILES string of the molecule is CO[C@H]1CN(C)C(=O)[C@@H]2CC(CN2)Oc2nccc(n2)-c2nccc3nc(C)n(c23)C1. The van der Waals surface area contributed by atoms with Gasteiger partial charge in [0.05, 0.1) is 35.4 Å². The van der Waals surface area contributed by atoms with Gasteiger partial charge >= 0.3 is 6.01 Å². The van der Waals surface area contributed by atoms with Crippen LogP contribution >= 0.6 is 0 Å². The van der Waals surface area contributed by atoms with Gasteiger partial charge in [-0.05, 0) is 19.1 Å². The maximum absolute atomic E-state index is 13.0. The van der Waals surface area contributed by atoms with Gasteiger partial charge in [-0.15, -0.1) is 0 Å². The van der Waals surface area contributed by atoms with E-state index in [1.165, 1.54) is 0 Å². The third-order valence-electron chi connectivity index (χ3n) is 5.96. The van der Waals surface area contributed by atoms with E-state index in [-0.39, 0.29) is 30.2 Å². The lowest BCUT2D eigenvalue weighted by atomic mass is 10.1. The highest BCUT2D eigenvalue weighted by Crippen LogP contribution is 2.28. The lowest BCUT2D eigenvalue weighted by molar-refractivity contribution is -0.133. The Balaban J connectivity index is 1.66. The Morgan fingerprint density at radius 1 is 1.19 bits per heavy atom. The van der Waals surface area contributed by atoms with E-state index in [0.717, 1.165) is 16.9 Å². The second-order valence-electron chi connectivity index (χ2n) is 8.03. The van der Waals surface area contributed by atoms with Gasteiger partial charge in [0.1, 0.15) is 17.6 Å². The van der Waals surface area contributed by atoms with Crippen LogP contribution in [0.15, 0.2) is 24.5 Å². The molecule has 162 valence electrons. The van der Waals surface area contributed by atoms with E-state index in [9.17, 15) is 4.79 Å². The lowest BCUT2D eigenvalue weighted by Gasteiger charge is -2.26. The zero-order valence-electron chi connectivity index (χ0n) is 17.8. The molecule has 31 heavy (non-hydrogen) atoms. The maximum Gasteiger partial charge on any atom is 0.317 e. The van der Waals surface area contributed by atoms with Crippen molar-refractivity contribution in [3.8, 4) is 17.4 Å². The molecule has 3 atom stereocenters. The molecule has 2 aliphatic heterocycles. The number of amides is 1. The minimum absolute atomic E-state index is 0.0206. The number of pyridine rings is 1. The number of ether oxygens (including phenoxy) is 2. The first-order valence-corrected chi connectivity index (χ1v) is 10.4. The molecule has 1 amide bonds. The molecule has 0 radical (unpaired) electrons. The summed E-state index contributed by atoms with van der Waals surface area (Å²) in [4.78, 5) is 32.9. The number of hydrogen-bond donors (Lipinski definition) is 1. The summed E-state index contributed by atoms with van der Waals surface area (Å²) in [6.45, 7) is 3.51. The van der Waals surface area contributed by atoms with Gasteiger partial charge in [-0.2, -0.15) is 4.98 Å². The Labute approximate surface area is 179 Å². The number of nitrogens with zero attached hydrogens (tertiary/aromatic N) is 6. The molecular formula is C21H25N7O3. The lowest BCUT2D eigenvalue weighted by Crippen LogP contribution is -2.45. The summed E-state index contributed by atoms with van der Waals surface area (Å²) in [7, 11) is 3.47. The molecule has 1 N–H and O–H groups in total. The van der Waals surface area contributed by atoms with E-state index in [4.69, 9.17) is 14.5 Å². The number of rotatable bonds is 1. The van der Waals surface area contributed by atoms with Crippen LogP contribution in [0, 0.1) is 6.92 Å². The number of hydrogen-bond acceptors (Lipinski definition) is 8. The van der Waals surface area contributed by atoms with Crippen LogP contribution in [0.5, 0.6) is 6.01 Å². The molecule has 5 heterocycles. The molecule has 1 saturated heterocycles. The van der Waals surface area contributed by atoms with Crippen molar-refractivity contribution in [2.24, 2.45) is 0 Å². The second kappa shape index (κ2) is 7.86. The molecule has 0 aromatic carbocycles. The van der Waals surface area contributed by atoms with E-state index in [1.54, 1.807) is 31.5 Å². The number of carbonyl (C=O) groups is 1. The zero-order valence-corrected chi connectivity index (χ0v) is 17.8. The van der Waals surface area contributed by atoms with Gasteiger partial charge in [0.25, 0.3) is 0 Å². The standard InChI is InChI=1S/C21H25N7O3/c1-12-25-16-5-6-22-18-15-4-7-23-21(26-15)31-13-8-17(24-9-13)20(29)27(2)10-14(30-3)11-28(12)19(16)18/h4-7,13-14,17,24H,8-11H2,1-3H3/t13?,14-,17-/m0/s1. The Bertz CT molecular complexity index is 1130. The van der Waals surface area contributed by atoms with Crippen molar-refractivity contribution < 1.29 is 14.3 Å². The summed E-state index contributed by atoms with van der Waals surface area (Å²) in [5, 5.41) is 3.26. The van der Waals surface area contributed by atoms with Crippen molar-refractivity contribution >= 4 is 16.9 Å². The molecule has 4 bridgehead atoms. The summed E-state index contributed by atoms with van der Waals surface area (Å²) in [6, 6.07) is 3.68. The van der Waals surface area contributed by atoms with Crippen molar-refractivity contribution in [1.29, 1.82) is 0 Å². The Kier molecular flexibility index (Phi) is 5.03. The van der Waals surface area contributed by atoms with Crippen molar-refractivity contribution in [3.63, 3.8) is 0 Å². The topological polar surface area (TPSA) is 107 Å². The van der Waals surface area contributed by atoms with E-state index in [2.05, 4.69) is 24.8 Å². The highest BCUT2D eigenvalue weighted by atomic mass is 16.5. The molecule has 3 aromatic heterocycles.